The van der Waals surface area contributed by atoms with Gasteiger partial charge >= 0.3 is 0 Å². The molecule has 0 radical (unpaired) electrons. The lowest BCUT2D eigenvalue weighted by molar-refractivity contribution is 1.83. The van der Waals surface area contributed by atoms with E-state index < -0.39 is 0 Å². The average molecular weight is 407 g/mol. The zero-order chi connectivity index (χ0) is 19.8. The molecule has 0 atom stereocenters. The highest BCUT2D eigenvalue weighted by Crippen LogP contribution is 2.53. The van der Waals surface area contributed by atoms with Crippen molar-refractivity contribution in [3.8, 4) is 0 Å². The largest absolute Gasteiger partial charge is 0.134 e. The molecule has 0 N–H and O–H groups in total. The second-order valence-corrected chi connectivity index (χ2v) is 9.89. The third-order valence-corrected chi connectivity index (χ3v) is 8.75. The van der Waals surface area contributed by atoms with Crippen LogP contribution in [0.1, 0.15) is 0 Å². The molecule has 0 spiro atoms. The lowest BCUT2D eigenvalue weighted by Crippen LogP contribution is -1.78. The highest BCUT2D eigenvalue weighted by Gasteiger charge is 2.23. The van der Waals surface area contributed by atoms with Crippen LogP contribution < -0.4 is 0 Å². The Balaban J connectivity index is 1.64. The fraction of sp³-hybridized carbons (Fsp3) is 0. The van der Waals surface area contributed by atoms with Gasteiger partial charge in [0.25, 0.3) is 0 Å². The van der Waals surface area contributed by atoms with Gasteiger partial charge in [-0.25, -0.2) is 0 Å². The molecule has 9 aromatic rings. The summed E-state index contributed by atoms with van der Waals surface area (Å²) in [5.41, 5.74) is 0. The van der Waals surface area contributed by atoms with E-state index in [0.29, 0.717) is 0 Å². The first kappa shape index (κ1) is 15.2. The molecular formula is C30H14S. The Labute approximate surface area is 180 Å². The van der Waals surface area contributed by atoms with Gasteiger partial charge in [0.2, 0.25) is 0 Å². The summed E-state index contributed by atoms with van der Waals surface area (Å²) in [6.45, 7) is 0. The van der Waals surface area contributed by atoms with E-state index >= 15 is 0 Å². The Kier molecular flexibility index (Phi) is 2.35. The SMILES string of the molecule is c1cc2ccc3c4sc5c6ccc7cccc8ccc(c6c78)c5c4c4ccc(c1)c2c34. The van der Waals surface area contributed by atoms with Crippen LogP contribution in [0.15, 0.2) is 84.9 Å². The van der Waals surface area contributed by atoms with Crippen molar-refractivity contribution in [3.63, 3.8) is 0 Å². The van der Waals surface area contributed by atoms with E-state index in [1.807, 2.05) is 11.3 Å². The molecular weight excluding hydrogens is 392 g/mol. The summed E-state index contributed by atoms with van der Waals surface area (Å²) in [6, 6.07) is 32.0. The van der Waals surface area contributed by atoms with Crippen LogP contribution in [0.25, 0.3) is 84.8 Å². The normalized spacial score (nSPS) is 13.2. The molecule has 0 bridgehead atoms. The maximum atomic E-state index is 2.36. The zero-order valence-corrected chi connectivity index (χ0v) is 17.3. The molecule has 140 valence electrons. The van der Waals surface area contributed by atoms with Crippen LogP contribution in [-0.2, 0) is 0 Å². The van der Waals surface area contributed by atoms with Crippen LogP contribution >= 0.6 is 11.3 Å². The first-order chi connectivity index (χ1) is 15.4. The summed E-state index contributed by atoms with van der Waals surface area (Å²) < 4.78 is 2.90. The number of hydrogen-bond acceptors (Lipinski definition) is 1. The van der Waals surface area contributed by atoms with Gasteiger partial charge in [0.05, 0.1) is 0 Å². The number of benzene rings is 6. The van der Waals surface area contributed by atoms with E-state index in [-0.39, 0.29) is 0 Å². The third kappa shape index (κ3) is 1.55. The van der Waals surface area contributed by atoms with Gasteiger partial charge in [-0.3, -0.25) is 0 Å². The molecule has 8 aromatic carbocycles. The van der Waals surface area contributed by atoms with E-state index in [0.717, 1.165) is 0 Å². The molecule has 0 fully saturated rings. The second-order valence-electron chi connectivity index (χ2n) is 8.87. The maximum Gasteiger partial charge on any atom is 0.0440 e. The average Bonchev–Trinajstić information content (AvgIpc) is 3.44. The van der Waals surface area contributed by atoms with Crippen LogP contribution in [0.2, 0.25) is 0 Å². The maximum absolute atomic E-state index is 2.36. The minimum absolute atomic E-state index is 1.34. The Bertz CT molecular complexity index is 1960. The van der Waals surface area contributed by atoms with Gasteiger partial charge in [0, 0.05) is 30.9 Å². The molecule has 1 heterocycles. The monoisotopic (exact) mass is 406 g/mol. The number of thiophene rings is 1. The molecule has 0 aliphatic heterocycles. The number of hydrogen-bond donors (Lipinski definition) is 0. The van der Waals surface area contributed by atoms with Crippen molar-refractivity contribution in [1.82, 2.24) is 0 Å². The molecule has 0 saturated carbocycles. The molecule has 0 nitrogen and oxygen atoms in total. The van der Waals surface area contributed by atoms with Crippen LogP contribution in [0.5, 0.6) is 0 Å². The zero-order valence-electron chi connectivity index (χ0n) is 16.5. The van der Waals surface area contributed by atoms with E-state index in [2.05, 4.69) is 84.9 Å². The smallest absolute Gasteiger partial charge is 0.0440 e. The standard InChI is InChI=1S/C30H14S/c1-3-15-7-11-19-25-21(13-9-17(5-1)23(15)25)29-27(19)28-20-12-8-16-4-2-6-18-10-14-22(30(28)31-29)26(20)24(16)18/h1-14H. The highest BCUT2D eigenvalue weighted by molar-refractivity contribution is 7.28. The molecule has 1 aromatic heterocycles. The molecule has 0 unspecified atom stereocenters. The van der Waals surface area contributed by atoms with Crippen molar-refractivity contribution >= 4 is 96.1 Å². The molecule has 0 amide bonds. The van der Waals surface area contributed by atoms with Crippen molar-refractivity contribution in [3.05, 3.63) is 84.9 Å². The quantitative estimate of drug-likeness (QED) is 0.235. The molecule has 0 aliphatic rings. The second kappa shape index (κ2) is 4.80. The van der Waals surface area contributed by atoms with Crippen LogP contribution in [0.4, 0.5) is 0 Å². The van der Waals surface area contributed by atoms with Gasteiger partial charge in [0.1, 0.15) is 0 Å². The Hall–Kier alpha value is -3.68. The predicted octanol–water partition coefficient (Wildman–Crippen LogP) is 9.29. The third-order valence-electron chi connectivity index (χ3n) is 7.49. The molecule has 9 rings (SSSR count). The van der Waals surface area contributed by atoms with E-state index in [1.165, 1.54) is 84.8 Å². The van der Waals surface area contributed by atoms with Crippen molar-refractivity contribution in [2.45, 2.75) is 0 Å². The Morgan fingerprint density at radius 1 is 0.323 bits per heavy atom. The van der Waals surface area contributed by atoms with Gasteiger partial charge in [-0.2, -0.15) is 0 Å². The van der Waals surface area contributed by atoms with Crippen LogP contribution in [0, 0.1) is 0 Å². The first-order valence-corrected chi connectivity index (χ1v) is 11.6. The fourth-order valence-corrected chi connectivity index (χ4v) is 7.68. The van der Waals surface area contributed by atoms with Crippen LogP contribution in [0.3, 0.4) is 0 Å². The highest BCUT2D eigenvalue weighted by atomic mass is 32.1. The molecule has 1 heteroatoms. The topological polar surface area (TPSA) is 0 Å². The molecule has 0 saturated heterocycles. The minimum Gasteiger partial charge on any atom is -0.134 e. The summed E-state index contributed by atoms with van der Waals surface area (Å²) >= 11 is 1.99. The lowest BCUT2D eigenvalue weighted by atomic mass is 9.97. The first-order valence-electron chi connectivity index (χ1n) is 10.8. The van der Waals surface area contributed by atoms with Crippen molar-refractivity contribution in [2.24, 2.45) is 0 Å². The van der Waals surface area contributed by atoms with E-state index in [4.69, 9.17) is 0 Å². The summed E-state index contributed by atoms with van der Waals surface area (Å²) in [5, 5.41) is 19.7. The molecule has 31 heavy (non-hydrogen) atoms. The predicted molar refractivity (Wildman–Crippen MR) is 138 cm³/mol. The van der Waals surface area contributed by atoms with Gasteiger partial charge in [-0.15, -0.1) is 11.3 Å². The van der Waals surface area contributed by atoms with Gasteiger partial charge in [-0.05, 0) is 53.9 Å². The Morgan fingerprint density at radius 2 is 0.710 bits per heavy atom. The van der Waals surface area contributed by atoms with Gasteiger partial charge < -0.3 is 0 Å². The number of rotatable bonds is 0. The molecule has 0 aliphatic carbocycles. The summed E-state index contributed by atoms with van der Waals surface area (Å²) in [5.74, 6) is 0. The van der Waals surface area contributed by atoms with Crippen LogP contribution in [-0.4, -0.2) is 0 Å². The fourth-order valence-electron chi connectivity index (χ4n) is 6.28. The minimum atomic E-state index is 1.34. The van der Waals surface area contributed by atoms with Gasteiger partial charge in [-0.1, -0.05) is 84.9 Å². The number of fused-ring (bicyclic) bond motifs is 7. The van der Waals surface area contributed by atoms with Crippen molar-refractivity contribution in [2.75, 3.05) is 0 Å². The van der Waals surface area contributed by atoms with E-state index in [9.17, 15) is 0 Å². The lowest BCUT2D eigenvalue weighted by Gasteiger charge is -2.06. The van der Waals surface area contributed by atoms with Crippen molar-refractivity contribution < 1.29 is 0 Å². The summed E-state index contributed by atoms with van der Waals surface area (Å²) in [7, 11) is 0. The Morgan fingerprint density at radius 3 is 1.13 bits per heavy atom. The van der Waals surface area contributed by atoms with Gasteiger partial charge in [0.15, 0.2) is 0 Å². The van der Waals surface area contributed by atoms with Crippen molar-refractivity contribution in [1.29, 1.82) is 0 Å². The summed E-state index contributed by atoms with van der Waals surface area (Å²) in [4.78, 5) is 0. The van der Waals surface area contributed by atoms with E-state index in [1.54, 1.807) is 0 Å². The summed E-state index contributed by atoms with van der Waals surface area (Å²) in [6.07, 6.45) is 0.